The molecule has 1 atom stereocenters. The number of nitrogens with one attached hydrogen (secondary N) is 2. The highest BCUT2D eigenvalue weighted by Gasteiger charge is 2.25. The van der Waals surface area contributed by atoms with Crippen LogP contribution in [-0.4, -0.2) is 24.5 Å². The van der Waals surface area contributed by atoms with Crippen LogP contribution in [0.15, 0.2) is 22.5 Å². The Hall–Kier alpha value is -1.84. The van der Waals surface area contributed by atoms with E-state index in [2.05, 4.69) is 20.2 Å². The van der Waals surface area contributed by atoms with Crippen LogP contribution in [0.2, 0.25) is 0 Å². The number of sulfonamides is 1. The van der Waals surface area contributed by atoms with Gasteiger partial charge in [-0.15, -0.1) is 10.2 Å². The van der Waals surface area contributed by atoms with Gasteiger partial charge in [-0.2, -0.15) is 0 Å². The molecule has 1 amide bonds. The summed E-state index contributed by atoms with van der Waals surface area (Å²) in [4.78, 5) is 11.7. The molecule has 0 aliphatic heterocycles. The Kier molecular flexibility index (Phi) is 6.48. The van der Waals surface area contributed by atoms with Gasteiger partial charge in [-0.3, -0.25) is 4.79 Å². The van der Waals surface area contributed by atoms with Crippen molar-refractivity contribution in [2.75, 3.05) is 5.32 Å². The van der Waals surface area contributed by atoms with Gasteiger partial charge in [-0.1, -0.05) is 50.3 Å². The average molecular weight is 397 g/mol. The Balaban J connectivity index is 2.20. The summed E-state index contributed by atoms with van der Waals surface area (Å²) in [6.45, 7) is 9.40. The van der Waals surface area contributed by atoms with Crippen LogP contribution in [-0.2, 0) is 14.8 Å². The predicted molar refractivity (Wildman–Crippen MR) is 103 cm³/mol. The molecule has 1 aromatic carbocycles. The van der Waals surface area contributed by atoms with E-state index in [1.54, 1.807) is 13.8 Å². The Morgan fingerprint density at radius 2 is 1.88 bits per heavy atom. The standard InChI is InChI=1S/C17H24N4O3S2/c1-6-14(13-8-7-11(4)12(5)9-13)21-26(23,24)17-20-19-16(25-17)18-15(22)10(2)3/h7-10,14,21H,6H2,1-5H3,(H,18,19,22)/t14-/m1/s1. The van der Waals surface area contributed by atoms with Crippen LogP contribution in [0.5, 0.6) is 0 Å². The van der Waals surface area contributed by atoms with Gasteiger partial charge in [0.2, 0.25) is 15.4 Å². The number of rotatable bonds is 7. The van der Waals surface area contributed by atoms with Crippen molar-refractivity contribution >= 4 is 32.4 Å². The number of hydrogen-bond acceptors (Lipinski definition) is 6. The number of nitrogens with zero attached hydrogens (tertiary/aromatic N) is 2. The zero-order valence-corrected chi connectivity index (χ0v) is 17.2. The summed E-state index contributed by atoms with van der Waals surface area (Å²) in [5, 5.41) is 10.2. The van der Waals surface area contributed by atoms with Gasteiger partial charge in [-0.05, 0) is 37.0 Å². The van der Waals surface area contributed by atoms with E-state index in [0.717, 1.165) is 28.0 Å². The van der Waals surface area contributed by atoms with Crippen LogP contribution < -0.4 is 10.0 Å². The minimum atomic E-state index is -3.83. The van der Waals surface area contributed by atoms with Crippen LogP contribution in [0.4, 0.5) is 5.13 Å². The summed E-state index contributed by atoms with van der Waals surface area (Å²) in [5.41, 5.74) is 3.16. The number of aryl methyl sites for hydroxylation is 2. The lowest BCUT2D eigenvalue weighted by atomic mass is 10.0. The molecule has 0 saturated carbocycles. The van der Waals surface area contributed by atoms with Gasteiger partial charge in [0.25, 0.3) is 10.0 Å². The summed E-state index contributed by atoms with van der Waals surface area (Å²) in [6.07, 6.45) is 0.595. The fourth-order valence-corrected chi connectivity index (χ4v) is 4.45. The first-order valence-electron chi connectivity index (χ1n) is 8.38. The first kappa shape index (κ1) is 20.5. The zero-order chi connectivity index (χ0) is 19.5. The normalized spacial score (nSPS) is 13.0. The summed E-state index contributed by atoms with van der Waals surface area (Å²) in [7, 11) is -3.83. The van der Waals surface area contributed by atoms with E-state index in [4.69, 9.17) is 0 Å². The first-order valence-corrected chi connectivity index (χ1v) is 10.7. The Labute approximate surface area is 158 Å². The predicted octanol–water partition coefficient (Wildman–Crippen LogP) is 3.18. The third kappa shape index (κ3) is 4.87. The first-order chi connectivity index (χ1) is 12.1. The molecule has 26 heavy (non-hydrogen) atoms. The van der Waals surface area contributed by atoms with Crippen LogP contribution >= 0.6 is 11.3 Å². The van der Waals surface area contributed by atoms with Gasteiger partial charge in [0.1, 0.15) is 0 Å². The maximum absolute atomic E-state index is 12.6. The van der Waals surface area contributed by atoms with E-state index < -0.39 is 10.0 Å². The quantitative estimate of drug-likeness (QED) is 0.700. The molecular formula is C17H24N4O3S2. The second-order valence-electron chi connectivity index (χ2n) is 6.44. The zero-order valence-electron chi connectivity index (χ0n) is 15.5. The van der Waals surface area contributed by atoms with Gasteiger partial charge in [0.15, 0.2) is 0 Å². The highest BCUT2D eigenvalue weighted by atomic mass is 32.2. The molecule has 9 heteroatoms. The van der Waals surface area contributed by atoms with Crippen LogP contribution in [0.3, 0.4) is 0 Å². The van der Waals surface area contributed by atoms with E-state index in [9.17, 15) is 13.2 Å². The molecule has 2 N–H and O–H groups in total. The smallest absolute Gasteiger partial charge is 0.270 e. The minimum absolute atomic E-state index is 0.168. The molecule has 0 unspecified atom stereocenters. The van der Waals surface area contributed by atoms with Crippen molar-refractivity contribution in [1.29, 1.82) is 0 Å². The minimum Gasteiger partial charge on any atom is -0.300 e. The number of aromatic nitrogens is 2. The summed E-state index contributed by atoms with van der Waals surface area (Å²) in [6, 6.07) is 5.52. The topological polar surface area (TPSA) is 101 Å². The third-order valence-corrected chi connectivity index (χ3v) is 6.71. The van der Waals surface area contributed by atoms with Gasteiger partial charge in [0, 0.05) is 12.0 Å². The lowest BCUT2D eigenvalue weighted by molar-refractivity contribution is -0.118. The highest BCUT2D eigenvalue weighted by Crippen LogP contribution is 2.25. The van der Waals surface area contributed by atoms with Crippen molar-refractivity contribution in [2.45, 2.75) is 51.4 Å². The van der Waals surface area contributed by atoms with Crippen molar-refractivity contribution in [2.24, 2.45) is 5.92 Å². The molecule has 0 bridgehead atoms. The largest absolute Gasteiger partial charge is 0.300 e. The molecule has 0 aliphatic rings. The van der Waals surface area contributed by atoms with Crippen molar-refractivity contribution < 1.29 is 13.2 Å². The molecule has 0 fully saturated rings. The number of amides is 1. The number of carbonyl (C=O) groups excluding carboxylic acids is 1. The van der Waals surface area contributed by atoms with Gasteiger partial charge in [-0.25, -0.2) is 13.1 Å². The molecule has 0 radical (unpaired) electrons. The van der Waals surface area contributed by atoms with Gasteiger partial charge < -0.3 is 5.32 Å². The van der Waals surface area contributed by atoms with Gasteiger partial charge >= 0.3 is 0 Å². The second-order valence-corrected chi connectivity index (χ2v) is 9.31. The number of benzene rings is 1. The van der Waals surface area contributed by atoms with Gasteiger partial charge in [0.05, 0.1) is 0 Å². The average Bonchev–Trinajstić information content (AvgIpc) is 3.04. The molecule has 0 spiro atoms. The Bertz CT molecular complexity index is 891. The fraction of sp³-hybridized carbons (Fsp3) is 0.471. The van der Waals surface area contributed by atoms with Crippen molar-refractivity contribution in [1.82, 2.24) is 14.9 Å². The lowest BCUT2D eigenvalue weighted by Crippen LogP contribution is -2.28. The molecule has 2 rings (SSSR count). The van der Waals surface area contributed by atoms with E-state index >= 15 is 0 Å². The number of anilines is 1. The SMILES string of the molecule is CC[C@@H](NS(=O)(=O)c1nnc(NC(=O)C(C)C)s1)c1ccc(C)c(C)c1. The summed E-state index contributed by atoms with van der Waals surface area (Å²) in [5.74, 6) is -0.467. The Morgan fingerprint density at radius 3 is 2.46 bits per heavy atom. The highest BCUT2D eigenvalue weighted by molar-refractivity contribution is 7.91. The molecular weight excluding hydrogens is 372 g/mol. The molecule has 142 valence electrons. The fourth-order valence-electron chi connectivity index (χ4n) is 2.22. The van der Waals surface area contributed by atoms with E-state index in [1.165, 1.54) is 0 Å². The number of carbonyl (C=O) groups is 1. The molecule has 0 aliphatic carbocycles. The van der Waals surface area contributed by atoms with E-state index in [1.807, 2.05) is 39.0 Å². The van der Waals surface area contributed by atoms with Crippen molar-refractivity contribution in [3.63, 3.8) is 0 Å². The van der Waals surface area contributed by atoms with Crippen LogP contribution in [0.25, 0.3) is 0 Å². The van der Waals surface area contributed by atoms with Crippen molar-refractivity contribution in [3.8, 4) is 0 Å². The van der Waals surface area contributed by atoms with E-state index in [-0.39, 0.29) is 27.3 Å². The summed E-state index contributed by atoms with van der Waals surface area (Å²) < 4.78 is 27.8. The maximum atomic E-state index is 12.6. The third-order valence-electron chi connectivity index (χ3n) is 4.03. The molecule has 1 heterocycles. The molecule has 2 aromatic rings. The Morgan fingerprint density at radius 1 is 1.19 bits per heavy atom. The maximum Gasteiger partial charge on any atom is 0.270 e. The van der Waals surface area contributed by atoms with E-state index in [0.29, 0.717) is 6.42 Å². The monoisotopic (exact) mass is 396 g/mol. The molecule has 1 aromatic heterocycles. The summed E-state index contributed by atoms with van der Waals surface area (Å²) >= 11 is 0.834. The number of hydrogen-bond donors (Lipinski definition) is 2. The van der Waals surface area contributed by atoms with Crippen molar-refractivity contribution in [3.05, 3.63) is 34.9 Å². The molecule has 0 saturated heterocycles. The van der Waals surface area contributed by atoms with Crippen LogP contribution in [0.1, 0.15) is 49.9 Å². The second kappa shape index (κ2) is 8.24. The molecule has 7 nitrogen and oxygen atoms in total. The lowest BCUT2D eigenvalue weighted by Gasteiger charge is -2.17. The van der Waals surface area contributed by atoms with Crippen LogP contribution in [0, 0.1) is 19.8 Å².